The molecule has 0 aromatic heterocycles. The van der Waals surface area contributed by atoms with Crippen LogP contribution in [0, 0.1) is 5.92 Å². The summed E-state index contributed by atoms with van der Waals surface area (Å²) < 4.78 is 0. The SMILES string of the molecule is CC(CN)CCCN(C)C(C)c1ccccc1Cl. The number of halogens is 1. The highest BCUT2D eigenvalue weighted by atomic mass is 35.5. The fourth-order valence-corrected chi connectivity index (χ4v) is 2.35. The summed E-state index contributed by atoms with van der Waals surface area (Å²) in [5.41, 5.74) is 6.83. The Labute approximate surface area is 116 Å². The molecule has 2 nitrogen and oxygen atoms in total. The summed E-state index contributed by atoms with van der Waals surface area (Å²) in [4.78, 5) is 2.35. The lowest BCUT2D eigenvalue weighted by molar-refractivity contribution is 0.251. The second-order valence-electron chi connectivity index (χ2n) is 5.16. The van der Waals surface area contributed by atoms with Crippen LogP contribution in [0.2, 0.25) is 5.02 Å². The van der Waals surface area contributed by atoms with Crippen molar-refractivity contribution in [2.24, 2.45) is 11.7 Å². The summed E-state index contributed by atoms with van der Waals surface area (Å²) in [5, 5.41) is 0.854. The quantitative estimate of drug-likeness (QED) is 0.817. The molecular formula is C15H25ClN2. The lowest BCUT2D eigenvalue weighted by Crippen LogP contribution is -2.24. The summed E-state index contributed by atoms with van der Waals surface area (Å²) in [6.07, 6.45) is 2.37. The van der Waals surface area contributed by atoms with Gasteiger partial charge in [0.1, 0.15) is 0 Å². The molecule has 0 aliphatic heterocycles. The van der Waals surface area contributed by atoms with Crippen LogP contribution < -0.4 is 5.73 Å². The molecule has 0 aliphatic rings. The molecule has 0 bridgehead atoms. The number of nitrogens with two attached hydrogens (primary N) is 1. The van der Waals surface area contributed by atoms with Crippen molar-refractivity contribution in [1.82, 2.24) is 4.90 Å². The lowest BCUT2D eigenvalue weighted by atomic mass is 10.0. The zero-order valence-corrected chi connectivity index (χ0v) is 12.5. The molecule has 0 radical (unpaired) electrons. The molecule has 0 heterocycles. The van der Waals surface area contributed by atoms with Gasteiger partial charge in [0.05, 0.1) is 0 Å². The number of rotatable bonds is 7. The van der Waals surface area contributed by atoms with E-state index in [9.17, 15) is 0 Å². The van der Waals surface area contributed by atoms with E-state index in [2.05, 4.69) is 31.9 Å². The maximum atomic E-state index is 6.23. The van der Waals surface area contributed by atoms with E-state index in [1.54, 1.807) is 0 Å². The van der Waals surface area contributed by atoms with Crippen LogP contribution in [-0.2, 0) is 0 Å². The first-order valence-electron chi connectivity index (χ1n) is 6.71. The van der Waals surface area contributed by atoms with E-state index in [4.69, 9.17) is 17.3 Å². The van der Waals surface area contributed by atoms with Crippen LogP contribution in [0.3, 0.4) is 0 Å². The molecule has 0 fully saturated rings. The Hall–Kier alpha value is -0.570. The number of hydrogen-bond donors (Lipinski definition) is 1. The van der Waals surface area contributed by atoms with E-state index in [0.717, 1.165) is 18.1 Å². The smallest absolute Gasteiger partial charge is 0.0453 e. The van der Waals surface area contributed by atoms with E-state index in [1.807, 2.05) is 18.2 Å². The minimum absolute atomic E-state index is 0.354. The van der Waals surface area contributed by atoms with Crippen LogP contribution in [0.4, 0.5) is 0 Å². The van der Waals surface area contributed by atoms with Crippen molar-refractivity contribution in [3.05, 3.63) is 34.9 Å². The molecule has 3 heteroatoms. The van der Waals surface area contributed by atoms with Gasteiger partial charge in [0.25, 0.3) is 0 Å². The highest BCUT2D eigenvalue weighted by Crippen LogP contribution is 2.26. The third-order valence-electron chi connectivity index (χ3n) is 3.63. The van der Waals surface area contributed by atoms with E-state index in [-0.39, 0.29) is 0 Å². The number of benzene rings is 1. The minimum atomic E-state index is 0.354. The summed E-state index contributed by atoms with van der Waals surface area (Å²) >= 11 is 6.23. The second kappa shape index (κ2) is 7.78. The maximum absolute atomic E-state index is 6.23. The Morgan fingerprint density at radius 2 is 1.94 bits per heavy atom. The average molecular weight is 269 g/mol. The van der Waals surface area contributed by atoms with Crippen molar-refractivity contribution in [2.75, 3.05) is 20.1 Å². The molecule has 1 aromatic carbocycles. The number of hydrogen-bond acceptors (Lipinski definition) is 2. The van der Waals surface area contributed by atoms with Crippen molar-refractivity contribution in [2.45, 2.75) is 32.7 Å². The van der Waals surface area contributed by atoms with Gasteiger partial charge in [-0.3, -0.25) is 4.90 Å². The van der Waals surface area contributed by atoms with Crippen molar-refractivity contribution in [3.63, 3.8) is 0 Å². The predicted octanol–water partition coefficient (Wildman–Crippen LogP) is 3.71. The van der Waals surface area contributed by atoms with Gasteiger partial charge in [0.2, 0.25) is 0 Å². The van der Waals surface area contributed by atoms with Crippen LogP contribution in [0.25, 0.3) is 0 Å². The first-order valence-corrected chi connectivity index (χ1v) is 7.08. The number of nitrogens with zero attached hydrogens (tertiary/aromatic N) is 1. The zero-order valence-electron chi connectivity index (χ0n) is 11.7. The van der Waals surface area contributed by atoms with Crippen LogP contribution in [0.5, 0.6) is 0 Å². The molecule has 0 saturated heterocycles. The Morgan fingerprint density at radius 1 is 1.28 bits per heavy atom. The Morgan fingerprint density at radius 3 is 2.56 bits per heavy atom. The standard InChI is InChI=1S/C15H25ClN2/c1-12(11-17)7-6-10-18(3)13(2)14-8-4-5-9-15(14)16/h4-5,8-9,12-13H,6-7,10-11,17H2,1-3H3. The van der Waals surface area contributed by atoms with Gasteiger partial charge in [-0.1, -0.05) is 36.7 Å². The molecule has 1 rings (SSSR count). The van der Waals surface area contributed by atoms with Gasteiger partial charge in [-0.25, -0.2) is 0 Å². The Balaban J connectivity index is 2.47. The lowest BCUT2D eigenvalue weighted by Gasteiger charge is -2.26. The molecule has 0 aliphatic carbocycles. The van der Waals surface area contributed by atoms with Gasteiger partial charge in [-0.05, 0) is 57.5 Å². The maximum Gasteiger partial charge on any atom is 0.0453 e. The van der Waals surface area contributed by atoms with Crippen LogP contribution in [0.1, 0.15) is 38.3 Å². The Kier molecular flexibility index (Phi) is 6.69. The zero-order chi connectivity index (χ0) is 13.5. The third kappa shape index (κ3) is 4.60. The molecule has 1 aromatic rings. The summed E-state index contributed by atoms with van der Waals surface area (Å²) in [6, 6.07) is 8.43. The van der Waals surface area contributed by atoms with Gasteiger partial charge in [-0.15, -0.1) is 0 Å². The summed E-state index contributed by atoms with van der Waals surface area (Å²) in [5.74, 6) is 0.619. The molecule has 0 amide bonds. The largest absolute Gasteiger partial charge is 0.330 e. The van der Waals surface area contributed by atoms with Gasteiger partial charge in [-0.2, -0.15) is 0 Å². The molecule has 2 atom stereocenters. The molecule has 18 heavy (non-hydrogen) atoms. The topological polar surface area (TPSA) is 29.3 Å². The normalized spacial score (nSPS) is 14.8. The first-order chi connectivity index (χ1) is 8.56. The highest BCUT2D eigenvalue weighted by Gasteiger charge is 2.14. The van der Waals surface area contributed by atoms with Crippen LogP contribution in [0.15, 0.2) is 24.3 Å². The fraction of sp³-hybridized carbons (Fsp3) is 0.600. The minimum Gasteiger partial charge on any atom is -0.330 e. The van der Waals surface area contributed by atoms with Gasteiger partial charge in [0.15, 0.2) is 0 Å². The predicted molar refractivity (Wildman–Crippen MR) is 79.9 cm³/mol. The second-order valence-corrected chi connectivity index (χ2v) is 5.57. The fourth-order valence-electron chi connectivity index (χ4n) is 2.05. The van der Waals surface area contributed by atoms with Crippen molar-refractivity contribution >= 4 is 11.6 Å². The first kappa shape index (κ1) is 15.5. The molecule has 102 valence electrons. The summed E-state index contributed by atoms with van der Waals surface area (Å²) in [6.45, 7) is 6.27. The van der Waals surface area contributed by atoms with E-state index < -0.39 is 0 Å². The van der Waals surface area contributed by atoms with Crippen LogP contribution in [-0.4, -0.2) is 25.0 Å². The summed E-state index contributed by atoms with van der Waals surface area (Å²) in [7, 11) is 2.15. The van der Waals surface area contributed by atoms with Gasteiger partial charge < -0.3 is 5.73 Å². The molecule has 0 spiro atoms. The Bertz CT molecular complexity index is 354. The third-order valence-corrected chi connectivity index (χ3v) is 3.97. The van der Waals surface area contributed by atoms with Gasteiger partial charge >= 0.3 is 0 Å². The van der Waals surface area contributed by atoms with E-state index in [0.29, 0.717) is 12.0 Å². The van der Waals surface area contributed by atoms with Crippen molar-refractivity contribution in [1.29, 1.82) is 0 Å². The van der Waals surface area contributed by atoms with Crippen molar-refractivity contribution in [3.8, 4) is 0 Å². The monoisotopic (exact) mass is 268 g/mol. The molecule has 2 unspecified atom stereocenters. The molecule has 0 saturated carbocycles. The van der Waals surface area contributed by atoms with Crippen LogP contribution >= 0.6 is 11.6 Å². The van der Waals surface area contributed by atoms with Gasteiger partial charge in [0, 0.05) is 11.1 Å². The highest BCUT2D eigenvalue weighted by molar-refractivity contribution is 6.31. The molecular weight excluding hydrogens is 244 g/mol. The van der Waals surface area contributed by atoms with E-state index >= 15 is 0 Å². The average Bonchev–Trinajstić information content (AvgIpc) is 2.38. The van der Waals surface area contributed by atoms with Crippen molar-refractivity contribution < 1.29 is 0 Å². The van der Waals surface area contributed by atoms with E-state index in [1.165, 1.54) is 18.4 Å². The molecule has 2 N–H and O–H groups in total.